The maximum Gasteiger partial charge on any atom is 0.227 e. The summed E-state index contributed by atoms with van der Waals surface area (Å²) < 4.78 is 0. The zero-order valence-electron chi connectivity index (χ0n) is 14.0. The molecule has 0 bridgehead atoms. The number of carbonyl (C=O) groups is 2. The standard InChI is InChI=1S/C18H26N4O2/c19-8-3-9-20-18(24)14-12-17(23)22(13-14)16-6-4-15(5-7-16)21-10-1-2-11-21/h4-7,14H,1-3,8-13,19H2,(H,20,24). The van der Waals surface area contributed by atoms with E-state index in [2.05, 4.69) is 22.3 Å². The fraction of sp³-hybridized carbons (Fsp3) is 0.556. The maximum atomic E-state index is 12.3. The van der Waals surface area contributed by atoms with Crippen LogP contribution in [0.5, 0.6) is 0 Å². The lowest BCUT2D eigenvalue weighted by atomic mass is 10.1. The van der Waals surface area contributed by atoms with E-state index in [0.717, 1.165) is 25.2 Å². The Morgan fingerprint density at radius 2 is 1.83 bits per heavy atom. The number of hydrogen-bond acceptors (Lipinski definition) is 4. The Kier molecular flexibility index (Phi) is 5.35. The molecule has 2 amide bonds. The van der Waals surface area contributed by atoms with Gasteiger partial charge in [0.1, 0.15) is 0 Å². The zero-order valence-corrected chi connectivity index (χ0v) is 14.0. The van der Waals surface area contributed by atoms with Gasteiger partial charge in [0.15, 0.2) is 0 Å². The molecule has 2 fully saturated rings. The van der Waals surface area contributed by atoms with E-state index >= 15 is 0 Å². The van der Waals surface area contributed by atoms with Gasteiger partial charge < -0.3 is 20.9 Å². The molecule has 1 atom stereocenters. The first kappa shape index (κ1) is 16.8. The van der Waals surface area contributed by atoms with Gasteiger partial charge in [0.05, 0.1) is 5.92 Å². The predicted octanol–water partition coefficient (Wildman–Crippen LogP) is 1.10. The van der Waals surface area contributed by atoms with Crippen LogP contribution in [0.3, 0.4) is 0 Å². The van der Waals surface area contributed by atoms with Crippen LogP contribution in [0.25, 0.3) is 0 Å². The molecule has 6 heteroatoms. The van der Waals surface area contributed by atoms with Crippen molar-refractivity contribution in [1.82, 2.24) is 5.32 Å². The lowest BCUT2D eigenvalue weighted by Crippen LogP contribution is -2.34. The molecule has 0 radical (unpaired) electrons. The van der Waals surface area contributed by atoms with Gasteiger partial charge in [0.25, 0.3) is 0 Å². The smallest absolute Gasteiger partial charge is 0.227 e. The van der Waals surface area contributed by atoms with Crippen molar-refractivity contribution < 1.29 is 9.59 Å². The highest BCUT2D eigenvalue weighted by atomic mass is 16.2. The van der Waals surface area contributed by atoms with Crippen molar-refractivity contribution in [2.45, 2.75) is 25.7 Å². The van der Waals surface area contributed by atoms with Crippen LogP contribution >= 0.6 is 0 Å². The molecule has 2 heterocycles. The summed E-state index contributed by atoms with van der Waals surface area (Å²) in [6.45, 7) is 3.79. The Morgan fingerprint density at radius 1 is 1.17 bits per heavy atom. The Balaban J connectivity index is 1.60. The van der Waals surface area contributed by atoms with E-state index in [1.165, 1.54) is 18.5 Å². The molecular formula is C18H26N4O2. The van der Waals surface area contributed by atoms with Crippen LogP contribution in [0.4, 0.5) is 11.4 Å². The van der Waals surface area contributed by atoms with E-state index in [1.54, 1.807) is 4.90 Å². The summed E-state index contributed by atoms with van der Waals surface area (Å²) in [6.07, 6.45) is 3.52. The minimum Gasteiger partial charge on any atom is -0.372 e. The number of benzene rings is 1. The second-order valence-corrected chi connectivity index (χ2v) is 6.55. The van der Waals surface area contributed by atoms with E-state index in [9.17, 15) is 9.59 Å². The summed E-state index contributed by atoms with van der Waals surface area (Å²) in [5.74, 6) is -0.301. The number of nitrogens with two attached hydrogens (primary N) is 1. The van der Waals surface area contributed by atoms with Gasteiger partial charge in [0.2, 0.25) is 11.8 Å². The SMILES string of the molecule is NCCCNC(=O)C1CC(=O)N(c2ccc(N3CCCC3)cc2)C1. The molecule has 3 rings (SSSR count). The lowest BCUT2D eigenvalue weighted by molar-refractivity contribution is -0.126. The van der Waals surface area contributed by atoms with Gasteiger partial charge in [-0.05, 0) is 50.1 Å². The van der Waals surface area contributed by atoms with E-state index < -0.39 is 0 Å². The molecule has 2 saturated heterocycles. The number of anilines is 2. The van der Waals surface area contributed by atoms with Crippen LogP contribution in [-0.4, -0.2) is 44.5 Å². The highest BCUT2D eigenvalue weighted by Crippen LogP contribution is 2.28. The van der Waals surface area contributed by atoms with Gasteiger partial charge in [-0.1, -0.05) is 0 Å². The molecule has 3 N–H and O–H groups in total. The number of nitrogens with one attached hydrogen (secondary N) is 1. The second-order valence-electron chi connectivity index (χ2n) is 6.55. The van der Waals surface area contributed by atoms with Crippen molar-refractivity contribution in [1.29, 1.82) is 0 Å². The number of rotatable bonds is 6. The second kappa shape index (κ2) is 7.66. The van der Waals surface area contributed by atoms with E-state index in [4.69, 9.17) is 5.73 Å². The molecule has 2 aliphatic rings. The molecule has 130 valence electrons. The van der Waals surface area contributed by atoms with Gasteiger partial charge in [-0.2, -0.15) is 0 Å². The van der Waals surface area contributed by atoms with Crippen molar-refractivity contribution >= 4 is 23.2 Å². The van der Waals surface area contributed by atoms with Crippen LogP contribution in [-0.2, 0) is 9.59 Å². The number of nitrogens with zero attached hydrogens (tertiary/aromatic N) is 2. The molecule has 2 aliphatic heterocycles. The Hall–Kier alpha value is -2.08. The molecule has 1 aromatic carbocycles. The summed E-state index contributed by atoms with van der Waals surface area (Å²) in [5.41, 5.74) is 7.51. The number of hydrogen-bond donors (Lipinski definition) is 2. The van der Waals surface area contributed by atoms with Gasteiger partial charge in [-0.15, -0.1) is 0 Å². The average molecular weight is 330 g/mol. The first-order chi connectivity index (χ1) is 11.7. The minimum atomic E-state index is -0.270. The number of amides is 2. The fourth-order valence-electron chi connectivity index (χ4n) is 3.41. The van der Waals surface area contributed by atoms with Crippen molar-refractivity contribution in [2.24, 2.45) is 11.7 Å². The Bertz CT molecular complexity index is 581. The Labute approximate surface area is 143 Å². The molecule has 6 nitrogen and oxygen atoms in total. The molecule has 0 spiro atoms. The molecule has 0 aromatic heterocycles. The third kappa shape index (κ3) is 3.70. The van der Waals surface area contributed by atoms with Crippen LogP contribution in [0, 0.1) is 5.92 Å². The van der Waals surface area contributed by atoms with Gasteiger partial charge in [0, 0.05) is 44.0 Å². The highest BCUT2D eigenvalue weighted by Gasteiger charge is 2.34. The monoisotopic (exact) mass is 330 g/mol. The summed E-state index contributed by atoms with van der Waals surface area (Å²) in [4.78, 5) is 28.5. The molecule has 1 unspecified atom stereocenters. The third-order valence-electron chi connectivity index (χ3n) is 4.81. The van der Waals surface area contributed by atoms with Crippen molar-refractivity contribution in [3.63, 3.8) is 0 Å². The highest BCUT2D eigenvalue weighted by molar-refractivity contribution is 6.00. The van der Waals surface area contributed by atoms with Crippen LogP contribution in [0.1, 0.15) is 25.7 Å². The summed E-state index contributed by atoms with van der Waals surface area (Å²) in [5, 5.41) is 2.86. The molecular weight excluding hydrogens is 304 g/mol. The normalized spacial score (nSPS) is 20.7. The predicted molar refractivity (Wildman–Crippen MR) is 95.0 cm³/mol. The first-order valence-electron chi connectivity index (χ1n) is 8.82. The third-order valence-corrected chi connectivity index (χ3v) is 4.81. The van der Waals surface area contributed by atoms with E-state index in [1.807, 2.05) is 12.1 Å². The summed E-state index contributed by atoms with van der Waals surface area (Å²) in [6, 6.07) is 8.12. The number of carbonyl (C=O) groups excluding carboxylic acids is 2. The fourth-order valence-corrected chi connectivity index (χ4v) is 3.41. The van der Waals surface area contributed by atoms with Gasteiger partial charge in [-0.3, -0.25) is 9.59 Å². The summed E-state index contributed by atoms with van der Waals surface area (Å²) in [7, 11) is 0. The molecule has 24 heavy (non-hydrogen) atoms. The maximum absolute atomic E-state index is 12.3. The van der Waals surface area contributed by atoms with E-state index in [0.29, 0.717) is 19.6 Å². The van der Waals surface area contributed by atoms with Crippen LogP contribution < -0.4 is 20.9 Å². The van der Waals surface area contributed by atoms with E-state index in [-0.39, 0.29) is 24.2 Å². The van der Waals surface area contributed by atoms with Crippen molar-refractivity contribution in [3.05, 3.63) is 24.3 Å². The lowest BCUT2D eigenvalue weighted by Gasteiger charge is -2.20. The van der Waals surface area contributed by atoms with Crippen LogP contribution in [0.15, 0.2) is 24.3 Å². The largest absolute Gasteiger partial charge is 0.372 e. The van der Waals surface area contributed by atoms with Gasteiger partial charge in [-0.25, -0.2) is 0 Å². The minimum absolute atomic E-state index is 0.0166. The first-order valence-corrected chi connectivity index (χ1v) is 8.82. The van der Waals surface area contributed by atoms with Crippen LogP contribution in [0.2, 0.25) is 0 Å². The summed E-state index contributed by atoms with van der Waals surface area (Å²) >= 11 is 0. The van der Waals surface area contributed by atoms with Gasteiger partial charge >= 0.3 is 0 Å². The quantitative estimate of drug-likeness (QED) is 0.766. The Morgan fingerprint density at radius 3 is 2.50 bits per heavy atom. The molecule has 1 aromatic rings. The van der Waals surface area contributed by atoms with Crippen molar-refractivity contribution in [2.75, 3.05) is 42.5 Å². The molecule has 0 saturated carbocycles. The topological polar surface area (TPSA) is 78.7 Å². The zero-order chi connectivity index (χ0) is 16.9. The van der Waals surface area contributed by atoms with Crippen molar-refractivity contribution in [3.8, 4) is 0 Å². The molecule has 0 aliphatic carbocycles. The average Bonchev–Trinajstić information content (AvgIpc) is 3.25.